The van der Waals surface area contributed by atoms with Crippen molar-refractivity contribution in [1.82, 2.24) is 0 Å². The number of carbonyl (C=O) groups is 2. The molecule has 2 bridgehead atoms. The number of nitrogens with zero attached hydrogens (tertiary/aromatic N) is 1. The number of ether oxygens (including phenoxy) is 1. The fourth-order valence-electron chi connectivity index (χ4n) is 3.97. The topological polar surface area (TPSA) is 98.5 Å². The van der Waals surface area contributed by atoms with Gasteiger partial charge in [0.05, 0.1) is 4.92 Å². The summed E-state index contributed by atoms with van der Waals surface area (Å²) < 4.78 is 18.2. The SMILES string of the molecule is O=C(COC(=O)C[C@@H]1C[C@@H]2CC[C@@H]1C2)Nc1ccc(F)c([N+](=O)[O-])c1. The number of halogens is 1. The van der Waals surface area contributed by atoms with Crippen molar-refractivity contribution in [2.24, 2.45) is 17.8 Å². The summed E-state index contributed by atoms with van der Waals surface area (Å²) in [4.78, 5) is 33.5. The maximum atomic E-state index is 13.2. The maximum Gasteiger partial charge on any atom is 0.306 e. The molecule has 0 aliphatic heterocycles. The summed E-state index contributed by atoms with van der Waals surface area (Å²) >= 11 is 0. The summed E-state index contributed by atoms with van der Waals surface area (Å²) in [5.41, 5.74) is -0.659. The average molecular weight is 350 g/mol. The Kier molecular flexibility index (Phi) is 4.96. The molecule has 0 radical (unpaired) electrons. The first-order valence-electron chi connectivity index (χ1n) is 8.31. The molecular formula is C17H19FN2O5. The van der Waals surface area contributed by atoms with Gasteiger partial charge < -0.3 is 10.1 Å². The minimum absolute atomic E-state index is 0.0715. The molecule has 2 aliphatic rings. The molecule has 1 aromatic carbocycles. The zero-order valence-corrected chi connectivity index (χ0v) is 13.6. The Bertz CT molecular complexity index is 708. The van der Waals surface area contributed by atoms with Gasteiger partial charge in [-0.15, -0.1) is 0 Å². The number of hydrogen-bond donors (Lipinski definition) is 1. The standard InChI is InChI=1S/C17H19FN2O5/c18-14-4-3-13(8-15(14)20(23)24)19-16(21)9-25-17(22)7-12-6-10-1-2-11(12)5-10/h3-4,8,10-12H,1-2,5-7,9H2,(H,19,21)/t10-,11-,12+/m1/s1. The quantitative estimate of drug-likeness (QED) is 0.483. The van der Waals surface area contributed by atoms with E-state index in [4.69, 9.17) is 4.74 Å². The fraction of sp³-hybridized carbons (Fsp3) is 0.529. The Morgan fingerprint density at radius 2 is 2.12 bits per heavy atom. The van der Waals surface area contributed by atoms with E-state index in [2.05, 4.69) is 5.32 Å². The van der Waals surface area contributed by atoms with Crippen molar-refractivity contribution >= 4 is 23.3 Å². The van der Waals surface area contributed by atoms with Crippen molar-refractivity contribution in [3.8, 4) is 0 Å². The predicted molar refractivity (Wildman–Crippen MR) is 86.2 cm³/mol. The van der Waals surface area contributed by atoms with E-state index in [-0.39, 0.29) is 5.69 Å². The number of anilines is 1. The number of hydrogen-bond acceptors (Lipinski definition) is 5. The second-order valence-corrected chi connectivity index (χ2v) is 6.77. The molecule has 1 N–H and O–H groups in total. The van der Waals surface area contributed by atoms with Gasteiger partial charge in [0.15, 0.2) is 6.61 Å². The van der Waals surface area contributed by atoms with Crippen molar-refractivity contribution < 1.29 is 23.6 Å². The second kappa shape index (κ2) is 7.16. The Morgan fingerprint density at radius 3 is 2.76 bits per heavy atom. The number of nitrogens with one attached hydrogen (secondary N) is 1. The lowest BCUT2D eigenvalue weighted by molar-refractivity contribution is -0.387. The van der Waals surface area contributed by atoms with Crippen LogP contribution in [0.1, 0.15) is 32.1 Å². The first kappa shape index (κ1) is 17.3. The van der Waals surface area contributed by atoms with Gasteiger partial charge in [-0.05, 0) is 49.1 Å². The van der Waals surface area contributed by atoms with Crippen LogP contribution in [0.5, 0.6) is 0 Å². The van der Waals surface area contributed by atoms with Gasteiger partial charge in [-0.3, -0.25) is 19.7 Å². The van der Waals surface area contributed by atoms with Crippen molar-refractivity contribution in [3.63, 3.8) is 0 Å². The number of rotatable bonds is 6. The molecule has 0 unspecified atom stereocenters. The number of nitro groups is 1. The van der Waals surface area contributed by atoms with E-state index < -0.39 is 34.9 Å². The Labute approximate surface area is 143 Å². The largest absolute Gasteiger partial charge is 0.456 e. The van der Waals surface area contributed by atoms with Gasteiger partial charge in [0.2, 0.25) is 5.82 Å². The van der Waals surface area contributed by atoms with E-state index in [0.717, 1.165) is 24.5 Å². The van der Waals surface area contributed by atoms with Crippen molar-refractivity contribution in [3.05, 3.63) is 34.1 Å². The van der Waals surface area contributed by atoms with Crippen LogP contribution in [0, 0.1) is 33.7 Å². The van der Waals surface area contributed by atoms with Crippen LogP contribution in [0.25, 0.3) is 0 Å². The highest BCUT2D eigenvalue weighted by atomic mass is 19.1. The first-order chi connectivity index (χ1) is 11.9. The fourth-order valence-corrected chi connectivity index (χ4v) is 3.97. The molecule has 0 spiro atoms. The minimum atomic E-state index is -0.986. The highest BCUT2D eigenvalue weighted by Gasteiger charge is 2.40. The average Bonchev–Trinajstić information content (AvgIpc) is 3.17. The molecule has 2 saturated carbocycles. The molecule has 134 valence electrons. The van der Waals surface area contributed by atoms with E-state index in [1.807, 2.05) is 0 Å². The molecule has 1 amide bonds. The third-order valence-electron chi connectivity index (χ3n) is 5.10. The molecule has 8 heteroatoms. The Hall–Kier alpha value is -2.51. The van der Waals surface area contributed by atoms with Gasteiger partial charge >= 0.3 is 11.7 Å². The van der Waals surface area contributed by atoms with Crippen LogP contribution in [0.3, 0.4) is 0 Å². The Morgan fingerprint density at radius 1 is 1.32 bits per heavy atom. The molecule has 2 aliphatic carbocycles. The summed E-state index contributed by atoms with van der Waals surface area (Å²) in [7, 11) is 0. The number of amides is 1. The molecular weight excluding hydrogens is 331 g/mol. The van der Waals surface area contributed by atoms with Gasteiger partial charge in [-0.1, -0.05) is 6.42 Å². The summed E-state index contributed by atoms with van der Waals surface area (Å²) in [5, 5.41) is 13.0. The maximum absolute atomic E-state index is 13.2. The molecule has 2 fully saturated rings. The zero-order valence-electron chi connectivity index (χ0n) is 13.6. The normalized spacial score (nSPS) is 24.1. The minimum Gasteiger partial charge on any atom is -0.456 e. The highest BCUT2D eigenvalue weighted by molar-refractivity contribution is 5.93. The summed E-state index contributed by atoms with van der Waals surface area (Å²) in [6, 6.07) is 3.02. The number of carbonyl (C=O) groups excluding carboxylic acids is 2. The molecule has 25 heavy (non-hydrogen) atoms. The molecule has 7 nitrogen and oxygen atoms in total. The predicted octanol–water partition coefficient (Wildman–Crippen LogP) is 3.04. The van der Waals surface area contributed by atoms with Crippen LogP contribution in [-0.2, 0) is 14.3 Å². The lowest BCUT2D eigenvalue weighted by Gasteiger charge is -2.20. The van der Waals surface area contributed by atoms with Crippen LogP contribution in [0.4, 0.5) is 15.8 Å². The second-order valence-electron chi connectivity index (χ2n) is 6.77. The summed E-state index contributed by atoms with van der Waals surface area (Å²) in [6.45, 7) is -0.467. The van der Waals surface area contributed by atoms with E-state index in [9.17, 15) is 24.1 Å². The monoisotopic (exact) mass is 350 g/mol. The van der Waals surface area contributed by atoms with E-state index in [1.165, 1.54) is 25.3 Å². The van der Waals surface area contributed by atoms with Crippen LogP contribution < -0.4 is 5.32 Å². The first-order valence-corrected chi connectivity index (χ1v) is 8.31. The van der Waals surface area contributed by atoms with Crippen LogP contribution in [0.2, 0.25) is 0 Å². The smallest absolute Gasteiger partial charge is 0.306 e. The molecule has 0 heterocycles. The lowest BCUT2D eigenvalue weighted by atomic mass is 9.86. The van der Waals surface area contributed by atoms with Gasteiger partial charge in [-0.25, -0.2) is 0 Å². The van der Waals surface area contributed by atoms with E-state index in [0.29, 0.717) is 18.3 Å². The van der Waals surface area contributed by atoms with Crippen LogP contribution >= 0.6 is 0 Å². The third kappa shape index (κ3) is 4.12. The summed E-state index contributed by atoms with van der Waals surface area (Å²) in [5.74, 6) is -0.319. The molecule has 3 atom stereocenters. The van der Waals surface area contributed by atoms with Crippen LogP contribution in [0.15, 0.2) is 18.2 Å². The molecule has 1 aromatic rings. The summed E-state index contributed by atoms with van der Waals surface area (Å²) in [6.07, 6.45) is 5.01. The Balaban J connectivity index is 1.45. The number of nitro benzene ring substituents is 1. The van der Waals surface area contributed by atoms with Gasteiger partial charge in [0.25, 0.3) is 5.91 Å². The molecule has 0 saturated heterocycles. The number of esters is 1. The van der Waals surface area contributed by atoms with E-state index >= 15 is 0 Å². The van der Waals surface area contributed by atoms with Crippen molar-refractivity contribution in [1.29, 1.82) is 0 Å². The number of fused-ring (bicyclic) bond motifs is 2. The van der Waals surface area contributed by atoms with Crippen LogP contribution in [-0.4, -0.2) is 23.4 Å². The molecule has 3 rings (SSSR count). The van der Waals surface area contributed by atoms with Gasteiger partial charge in [0, 0.05) is 18.2 Å². The highest BCUT2D eigenvalue weighted by Crippen LogP contribution is 2.49. The van der Waals surface area contributed by atoms with Gasteiger partial charge in [0.1, 0.15) is 0 Å². The molecule has 0 aromatic heterocycles. The van der Waals surface area contributed by atoms with Crippen molar-refractivity contribution in [2.45, 2.75) is 32.1 Å². The zero-order chi connectivity index (χ0) is 18.0. The van der Waals surface area contributed by atoms with E-state index in [1.54, 1.807) is 0 Å². The third-order valence-corrected chi connectivity index (χ3v) is 5.10. The van der Waals surface area contributed by atoms with Gasteiger partial charge in [-0.2, -0.15) is 4.39 Å². The van der Waals surface area contributed by atoms with Crippen molar-refractivity contribution in [2.75, 3.05) is 11.9 Å². The number of benzene rings is 1. The lowest BCUT2D eigenvalue weighted by Crippen LogP contribution is -2.23.